The van der Waals surface area contributed by atoms with Gasteiger partial charge in [-0.1, -0.05) is 0 Å². The Balaban J connectivity index is 1.58. The first-order valence-electron chi connectivity index (χ1n) is 8.25. The maximum absolute atomic E-state index is 12.5. The maximum Gasteiger partial charge on any atom is 0.284 e. The molecule has 0 spiro atoms. The number of carbonyl (C=O) groups is 3. The van der Waals surface area contributed by atoms with E-state index < -0.39 is 11.8 Å². The number of likely N-dealkylation sites (tertiary alicyclic amines) is 1. The minimum absolute atomic E-state index is 0.0144. The van der Waals surface area contributed by atoms with Gasteiger partial charge in [-0.25, -0.2) is 14.9 Å². The van der Waals surface area contributed by atoms with E-state index in [2.05, 4.69) is 9.97 Å². The van der Waals surface area contributed by atoms with Crippen LogP contribution in [0.2, 0.25) is 0 Å². The summed E-state index contributed by atoms with van der Waals surface area (Å²) in [5.74, 6) is -0.937. The maximum atomic E-state index is 12.5. The van der Waals surface area contributed by atoms with Gasteiger partial charge in [0, 0.05) is 24.8 Å². The number of benzene rings is 1. The Hall–Kier alpha value is -3.09. The molecule has 1 aromatic carbocycles. The van der Waals surface area contributed by atoms with Crippen LogP contribution in [0.15, 0.2) is 36.8 Å². The number of hydrogen-bond donors (Lipinski definition) is 0. The Kier molecular flexibility index (Phi) is 3.76. The van der Waals surface area contributed by atoms with Gasteiger partial charge in [-0.05, 0) is 43.5 Å². The molecule has 3 heterocycles. The molecule has 0 unspecified atom stereocenters. The van der Waals surface area contributed by atoms with Crippen molar-refractivity contribution in [2.24, 2.45) is 0 Å². The summed E-state index contributed by atoms with van der Waals surface area (Å²) < 4.78 is 0. The number of fused-ring (bicyclic) bond motifs is 1. The lowest BCUT2D eigenvalue weighted by Gasteiger charge is -2.26. The van der Waals surface area contributed by atoms with Crippen LogP contribution in [0.5, 0.6) is 0 Å². The van der Waals surface area contributed by atoms with Gasteiger partial charge in [-0.2, -0.15) is 0 Å². The van der Waals surface area contributed by atoms with E-state index in [0.717, 1.165) is 37.3 Å². The number of rotatable bonds is 2. The van der Waals surface area contributed by atoms with Gasteiger partial charge in [0.25, 0.3) is 17.7 Å². The molecule has 0 radical (unpaired) electrons. The topological polar surface area (TPSA) is 83.5 Å². The standard InChI is InChI=1S/C18H16N4O3/c23-16(21-8-2-1-3-9-21)12-4-6-13(7-5-12)22-17(24)14-10-19-11-20-15(14)18(22)25/h4-7,10-11H,1-3,8-9H2. The van der Waals surface area contributed by atoms with E-state index in [1.54, 1.807) is 24.3 Å². The first-order chi connectivity index (χ1) is 12.2. The first kappa shape index (κ1) is 15.4. The highest BCUT2D eigenvalue weighted by atomic mass is 16.2. The Morgan fingerprint density at radius 1 is 0.960 bits per heavy atom. The summed E-state index contributed by atoms with van der Waals surface area (Å²) in [6.45, 7) is 1.55. The zero-order valence-corrected chi connectivity index (χ0v) is 13.5. The molecule has 1 aromatic heterocycles. The summed E-state index contributed by atoms with van der Waals surface area (Å²) in [5, 5.41) is 0. The summed E-state index contributed by atoms with van der Waals surface area (Å²) in [5.41, 5.74) is 1.28. The molecule has 25 heavy (non-hydrogen) atoms. The molecule has 0 N–H and O–H groups in total. The van der Waals surface area contributed by atoms with Gasteiger partial charge in [-0.15, -0.1) is 0 Å². The smallest absolute Gasteiger partial charge is 0.284 e. The second-order valence-electron chi connectivity index (χ2n) is 6.13. The van der Waals surface area contributed by atoms with E-state index in [9.17, 15) is 14.4 Å². The van der Waals surface area contributed by atoms with Crippen LogP contribution in [0.25, 0.3) is 0 Å². The van der Waals surface area contributed by atoms with Crippen molar-refractivity contribution in [3.63, 3.8) is 0 Å². The van der Waals surface area contributed by atoms with Gasteiger partial charge in [0.05, 0.1) is 11.3 Å². The van der Waals surface area contributed by atoms with Crippen LogP contribution >= 0.6 is 0 Å². The van der Waals surface area contributed by atoms with E-state index in [1.807, 2.05) is 4.90 Å². The van der Waals surface area contributed by atoms with Crippen LogP contribution in [0, 0.1) is 0 Å². The van der Waals surface area contributed by atoms with Crippen molar-refractivity contribution < 1.29 is 14.4 Å². The van der Waals surface area contributed by atoms with Gasteiger partial charge >= 0.3 is 0 Å². The third-order valence-corrected chi connectivity index (χ3v) is 4.57. The fourth-order valence-corrected chi connectivity index (χ4v) is 3.24. The van der Waals surface area contributed by atoms with E-state index in [1.165, 1.54) is 12.5 Å². The second-order valence-corrected chi connectivity index (χ2v) is 6.13. The van der Waals surface area contributed by atoms with Crippen LogP contribution in [0.1, 0.15) is 50.5 Å². The largest absolute Gasteiger partial charge is 0.339 e. The highest BCUT2D eigenvalue weighted by Gasteiger charge is 2.38. The van der Waals surface area contributed by atoms with E-state index in [4.69, 9.17) is 0 Å². The highest BCUT2D eigenvalue weighted by molar-refractivity contribution is 6.33. The van der Waals surface area contributed by atoms with Gasteiger partial charge < -0.3 is 4.90 Å². The average Bonchev–Trinajstić information content (AvgIpc) is 2.93. The third kappa shape index (κ3) is 2.57. The molecule has 0 aliphatic carbocycles. The predicted octanol–water partition coefficient (Wildman–Crippen LogP) is 1.90. The molecule has 7 heteroatoms. The SMILES string of the molecule is O=C(c1ccc(N2C(=O)c3cncnc3C2=O)cc1)N1CCCCC1. The molecule has 0 saturated carbocycles. The zero-order chi connectivity index (χ0) is 17.4. The third-order valence-electron chi connectivity index (χ3n) is 4.57. The first-order valence-corrected chi connectivity index (χ1v) is 8.25. The minimum Gasteiger partial charge on any atom is -0.339 e. The molecule has 2 aromatic rings. The van der Waals surface area contributed by atoms with Crippen LogP contribution in [0.4, 0.5) is 5.69 Å². The van der Waals surface area contributed by atoms with Gasteiger partial charge in [0.1, 0.15) is 12.0 Å². The van der Waals surface area contributed by atoms with Crippen molar-refractivity contribution in [3.05, 3.63) is 53.6 Å². The number of imide groups is 1. The number of amides is 3. The fraction of sp³-hybridized carbons (Fsp3) is 0.278. The Bertz CT molecular complexity index is 822. The van der Waals surface area contributed by atoms with E-state index >= 15 is 0 Å². The number of carbonyl (C=O) groups excluding carboxylic acids is 3. The number of nitrogens with zero attached hydrogens (tertiary/aromatic N) is 4. The summed E-state index contributed by atoms with van der Waals surface area (Å²) in [6, 6.07) is 6.54. The Morgan fingerprint density at radius 3 is 2.36 bits per heavy atom. The predicted molar refractivity (Wildman–Crippen MR) is 89.4 cm³/mol. The van der Waals surface area contributed by atoms with Crippen molar-refractivity contribution in [3.8, 4) is 0 Å². The number of anilines is 1. The molecule has 7 nitrogen and oxygen atoms in total. The molecule has 0 bridgehead atoms. The Labute approximate surface area is 144 Å². The van der Waals surface area contributed by atoms with E-state index in [0.29, 0.717) is 11.3 Å². The molecule has 4 rings (SSSR count). The lowest BCUT2D eigenvalue weighted by Crippen LogP contribution is -2.35. The molecule has 3 amide bonds. The number of aromatic nitrogens is 2. The molecule has 1 fully saturated rings. The van der Waals surface area contributed by atoms with Gasteiger partial charge in [0.15, 0.2) is 0 Å². The normalized spacial score (nSPS) is 17.0. The second kappa shape index (κ2) is 6.08. The van der Waals surface area contributed by atoms with Crippen LogP contribution in [0.3, 0.4) is 0 Å². The average molecular weight is 336 g/mol. The summed E-state index contributed by atoms with van der Waals surface area (Å²) in [6.07, 6.45) is 5.80. The van der Waals surface area contributed by atoms with Crippen molar-refractivity contribution in [2.75, 3.05) is 18.0 Å². The van der Waals surface area contributed by atoms with Crippen molar-refractivity contribution in [1.29, 1.82) is 0 Å². The minimum atomic E-state index is -0.475. The highest BCUT2D eigenvalue weighted by Crippen LogP contribution is 2.27. The van der Waals surface area contributed by atoms with Crippen LogP contribution in [-0.2, 0) is 0 Å². The molecule has 126 valence electrons. The van der Waals surface area contributed by atoms with Crippen molar-refractivity contribution in [2.45, 2.75) is 19.3 Å². The Morgan fingerprint density at radius 2 is 1.68 bits per heavy atom. The van der Waals surface area contributed by atoms with Crippen LogP contribution in [-0.4, -0.2) is 45.7 Å². The molecule has 0 atom stereocenters. The number of hydrogen-bond acceptors (Lipinski definition) is 5. The number of piperidine rings is 1. The fourth-order valence-electron chi connectivity index (χ4n) is 3.24. The molecule has 2 aliphatic rings. The zero-order valence-electron chi connectivity index (χ0n) is 13.5. The van der Waals surface area contributed by atoms with Crippen LogP contribution < -0.4 is 4.90 Å². The van der Waals surface area contributed by atoms with Gasteiger partial charge in [-0.3, -0.25) is 14.4 Å². The molecule has 2 aliphatic heterocycles. The molecular formula is C18H16N4O3. The molecular weight excluding hydrogens is 320 g/mol. The lowest BCUT2D eigenvalue weighted by molar-refractivity contribution is 0.0724. The van der Waals surface area contributed by atoms with Crippen molar-refractivity contribution >= 4 is 23.4 Å². The van der Waals surface area contributed by atoms with E-state index in [-0.39, 0.29) is 17.2 Å². The lowest BCUT2D eigenvalue weighted by atomic mass is 10.1. The summed E-state index contributed by atoms with van der Waals surface area (Å²) in [4.78, 5) is 47.9. The monoisotopic (exact) mass is 336 g/mol. The van der Waals surface area contributed by atoms with Crippen molar-refractivity contribution in [1.82, 2.24) is 14.9 Å². The van der Waals surface area contributed by atoms with Gasteiger partial charge in [0.2, 0.25) is 0 Å². The summed E-state index contributed by atoms with van der Waals surface area (Å²) >= 11 is 0. The summed E-state index contributed by atoms with van der Waals surface area (Å²) in [7, 11) is 0. The quantitative estimate of drug-likeness (QED) is 0.782. The molecule has 1 saturated heterocycles.